The SMILES string of the molecule is CC(OC(=O)OCC1CCC1)OC(=O)C1=C(/C=C\c2cccnc2)CS[C@@H]2[C@H](NC(=O)C(=NO)c3csc(N)n3)C(=O)N12. The summed E-state index contributed by atoms with van der Waals surface area (Å²) in [4.78, 5) is 60.9. The Kier molecular flexibility index (Phi) is 9.25. The topological polar surface area (TPSA) is 196 Å². The Morgan fingerprint density at radius 2 is 2.12 bits per heavy atom. The van der Waals surface area contributed by atoms with Crippen molar-refractivity contribution in [2.45, 2.75) is 43.9 Å². The Morgan fingerprint density at radius 1 is 1.30 bits per heavy atom. The van der Waals surface area contributed by atoms with Crippen molar-refractivity contribution in [3.63, 3.8) is 0 Å². The number of amides is 2. The first kappa shape index (κ1) is 30.0. The van der Waals surface area contributed by atoms with E-state index in [1.54, 1.807) is 30.6 Å². The van der Waals surface area contributed by atoms with Crippen LogP contribution in [0, 0.1) is 5.92 Å². The van der Waals surface area contributed by atoms with Crippen LogP contribution in [0.1, 0.15) is 37.4 Å². The molecule has 3 aliphatic rings. The van der Waals surface area contributed by atoms with Crippen LogP contribution in [0.15, 0.2) is 52.4 Å². The maximum Gasteiger partial charge on any atom is 0.511 e. The number of hydrogen-bond acceptors (Lipinski definition) is 14. The molecule has 0 aromatic carbocycles. The standard InChI is InChI=1S/C27H28N6O8S2/c1-14(41-27(37)39-11-16-4-2-5-16)40-25(36)21-17(8-7-15-6-3-9-29-10-15)12-42-24-20(23(35)33(21)24)31-22(34)19(32-38)18-13-43-26(28)30-18/h3,6-10,13-14,16,20,24,38H,2,4-5,11-12H2,1H3,(H2,28,30)(H,31,34)/b8-7-,32-19?/t14?,20-,24-/m1/s1. The maximum absolute atomic E-state index is 13.4. The molecule has 2 aromatic heterocycles. The predicted octanol–water partition coefficient (Wildman–Crippen LogP) is 2.51. The number of carbonyl (C=O) groups excluding carboxylic acids is 4. The van der Waals surface area contributed by atoms with Gasteiger partial charge in [0.25, 0.3) is 11.8 Å². The summed E-state index contributed by atoms with van der Waals surface area (Å²) in [6.45, 7) is 1.60. The van der Waals surface area contributed by atoms with Crippen molar-refractivity contribution in [3.8, 4) is 0 Å². The van der Waals surface area contributed by atoms with Gasteiger partial charge in [-0.25, -0.2) is 14.6 Å². The quantitative estimate of drug-likeness (QED) is 0.0870. The van der Waals surface area contributed by atoms with E-state index in [2.05, 4.69) is 20.4 Å². The monoisotopic (exact) mass is 628 g/mol. The van der Waals surface area contributed by atoms with Crippen LogP contribution in [0.3, 0.4) is 0 Å². The number of carbonyl (C=O) groups is 4. The minimum atomic E-state index is -1.30. The molecule has 5 rings (SSSR count). The van der Waals surface area contributed by atoms with Gasteiger partial charge >= 0.3 is 12.1 Å². The normalized spacial score (nSPS) is 21.0. The minimum Gasteiger partial charge on any atom is -0.434 e. The van der Waals surface area contributed by atoms with Crippen molar-refractivity contribution < 1.29 is 38.6 Å². The number of aromatic nitrogens is 2. The molecule has 4 heterocycles. The number of esters is 1. The Morgan fingerprint density at radius 3 is 2.77 bits per heavy atom. The van der Waals surface area contributed by atoms with Gasteiger partial charge in [0.1, 0.15) is 22.8 Å². The van der Waals surface area contributed by atoms with Crippen LogP contribution in [0.4, 0.5) is 9.93 Å². The van der Waals surface area contributed by atoms with E-state index < -0.39 is 47.4 Å². The zero-order valence-corrected chi connectivity index (χ0v) is 24.5. The average Bonchev–Trinajstić information content (AvgIpc) is 3.39. The Hall–Kier alpha value is -4.44. The molecule has 1 saturated heterocycles. The summed E-state index contributed by atoms with van der Waals surface area (Å²) >= 11 is 2.37. The number of anilines is 1. The fraction of sp³-hybridized carbons (Fsp3) is 0.370. The lowest BCUT2D eigenvalue weighted by molar-refractivity contribution is -0.169. The molecule has 1 aliphatic carbocycles. The number of nitrogens with one attached hydrogen (secondary N) is 1. The van der Waals surface area contributed by atoms with Crippen molar-refractivity contribution in [1.82, 2.24) is 20.2 Å². The summed E-state index contributed by atoms with van der Waals surface area (Å²) in [6, 6.07) is 2.54. The highest BCUT2D eigenvalue weighted by Gasteiger charge is 2.54. The highest BCUT2D eigenvalue weighted by Crippen LogP contribution is 2.41. The molecule has 226 valence electrons. The zero-order valence-electron chi connectivity index (χ0n) is 22.9. The highest BCUT2D eigenvalue weighted by molar-refractivity contribution is 8.00. The molecule has 14 nitrogen and oxygen atoms in total. The molecule has 0 radical (unpaired) electrons. The van der Waals surface area contributed by atoms with Gasteiger partial charge in [0.05, 0.1) is 6.61 Å². The molecule has 0 bridgehead atoms. The molecule has 1 saturated carbocycles. The summed E-state index contributed by atoms with van der Waals surface area (Å²) in [7, 11) is 0. The molecular formula is C27H28N6O8S2. The Balaban J connectivity index is 1.31. The second-order valence-corrected chi connectivity index (χ2v) is 11.8. The van der Waals surface area contributed by atoms with Gasteiger partial charge in [0.2, 0.25) is 6.29 Å². The van der Waals surface area contributed by atoms with E-state index in [0.29, 0.717) is 11.5 Å². The third-order valence-electron chi connectivity index (χ3n) is 6.92. The zero-order chi connectivity index (χ0) is 30.5. The Labute approximate surface area is 254 Å². The summed E-state index contributed by atoms with van der Waals surface area (Å²) in [5, 5.41) is 15.9. The molecule has 1 unspecified atom stereocenters. The first-order chi connectivity index (χ1) is 20.7. The smallest absolute Gasteiger partial charge is 0.434 e. The number of allylic oxidation sites excluding steroid dienone is 1. The molecule has 2 fully saturated rings. The molecule has 0 spiro atoms. The summed E-state index contributed by atoms with van der Waals surface area (Å²) < 4.78 is 15.6. The molecule has 43 heavy (non-hydrogen) atoms. The number of nitrogens with zero attached hydrogens (tertiary/aromatic N) is 4. The number of rotatable bonds is 10. The van der Waals surface area contributed by atoms with Crippen LogP contribution in [-0.4, -0.2) is 79.8 Å². The van der Waals surface area contributed by atoms with Gasteiger partial charge < -0.3 is 30.5 Å². The van der Waals surface area contributed by atoms with Crippen LogP contribution in [-0.2, 0) is 28.6 Å². The number of pyridine rings is 1. The molecule has 2 aromatic rings. The maximum atomic E-state index is 13.4. The second-order valence-electron chi connectivity index (χ2n) is 9.82. The third kappa shape index (κ3) is 6.80. The highest BCUT2D eigenvalue weighted by atomic mass is 32.2. The number of β-lactam (4-membered cyclic amide) rings is 1. The number of nitrogen functional groups attached to an aromatic ring is 1. The van der Waals surface area contributed by atoms with Gasteiger partial charge in [0, 0.05) is 30.5 Å². The Bertz CT molecular complexity index is 1490. The third-order valence-corrected chi connectivity index (χ3v) is 8.89. The van der Waals surface area contributed by atoms with Crippen molar-refractivity contribution in [1.29, 1.82) is 0 Å². The van der Waals surface area contributed by atoms with Gasteiger partial charge in [-0.15, -0.1) is 23.1 Å². The molecule has 16 heteroatoms. The molecular weight excluding hydrogens is 600 g/mol. The molecule has 2 amide bonds. The number of nitrogens with two attached hydrogens (primary N) is 1. The number of ether oxygens (including phenoxy) is 3. The lowest BCUT2D eigenvalue weighted by atomic mass is 9.86. The van der Waals surface area contributed by atoms with E-state index in [4.69, 9.17) is 19.9 Å². The predicted molar refractivity (Wildman–Crippen MR) is 155 cm³/mol. The van der Waals surface area contributed by atoms with E-state index in [-0.39, 0.29) is 28.9 Å². The largest absolute Gasteiger partial charge is 0.511 e. The van der Waals surface area contributed by atoms with Crippen LogP contribution in [0.25, 0.3) is 6.08 Å². The van der Waals surface area contributed by atoms with E-state index in [0.717, 1.165) is 36.2 Å². The van der Waals surface area contributed by atoms with Crippen LogP contribution in [0.2, 0.25) is 0 Å². The summed E-state index contributed by atoms with van der Waals surface area (Å²) in [5.41, 5.74) is 6.44. The van der Waals surface area contributed by atoms with Gasteiger partial charge in [-0.05, 0) is 36.0 Å². The van der Waals surface area contributed by atoms with Crippen molar-refractivity contribution in [3.05, 3.63) is 58.5 Å². The van der Waals surface area contributed by atoms with Crippen LogP contribution < -0.4 is 11.1 Å². The van der Waals surface area contributed by atoms with Gasteiger partial charge in [-0.1, -0.05) is 29.8 Å². The van der Waals surface area contributed by atoms with E-state index in [9.17, 15) is 24.4 Å². The molecule has 4 N–H and O–H groups in total. The van der Waals surface area contributed by atoms with Gasteiger partial charge in [-0.2, -0.15) is 0 Å². The summed E-state index contributed by atoms with van der Waals surface area (Å²) in [6.07, 6.45) is 7.49. The van der Waals surface area contributed by atoms with Gasteiger partial charge in [0.15, 0.2) is 10.8 Å². The number of hydrogen-bond donors (Lipinski definition) is 3. The number of oxime groups is 1. The lowest BCUT2D eigenvalue weighted by Gasteiger charge is -2.49. The second kappa shape index (κ2) is 13.2. The van der Waals surface area contributed by atoms with E-state index in [1.807, 2.05) is 6.07 Å². The van der Waals surface area contributed by atoms with E-state index >= 15 is 0 Å². The number of fused-ring (bicyclic) bond motifs is 1. The lowest BCUT2D eigenvalue weighted by Crippen LogP contribution is -2.71. The fourth-order valence-corrected chi connectivity index (χ4v) is 6.36. The number of thiazole rings is 1. The van der Waals surface area contributed by atoms with E-state index in [1.165, 1.54) is 29.0 Å². The van der Waals surface area contributed by atoms with Crippen LogP contribution in [0.5, 0.6) is 0 Å². The molecule has 2 aliphatic heterocycles. The first-order valence-electron chi connectivity index (χ1n) is 13.3. The van der Waals surface area contributed by atoms with Crippen LogP contribution >= 0.6 is 23.1 Å². The average molecular weight is 629 g/mol. The van der Waals surface area contributed by atoms with Gasteiger partial charge in [-0.3, -0.25) is 19.5 Å². The van der Waals surface area contributed by atoms with Crippen molar-refractivity contribution >= 4 is 64.0 Å². The fourth-order valence-electron chi connectivity index (χ4n) is 4.50. The number of thioether (sulfide) groups is 1. The van der Waals surface area contributed by atoms with Crippen molar-refractivity contribution in [2.24, 2.45) is 11.1 Å². The minimum absolute atomic E-state index is 0.0506. The van der Waals surface area contributed by atoms with Crippen molar-refractivity contribution in [2.75, 3.05) is 18.1 Å². The molecule has 3 atom stereocenters. The first-order valence-corrected chi connectivity index (χ1v) is 15.2. The summed E-state index contributed by atoms with van der Waals surface area (Å²) in [5.74, 6) is -1.74.